The molecule has 0 amide bonds. The molecule has 1 saturated carbocycles. The lowest BCUT2D eigenvalue weighted by atomic mass is 10.1. The van der Waals surface area contributed by atoms with Crippen molar-refractivity contribution in [1.82, 2.24) is 18.9 Å². The molecule has 0 radical (unpaired) electrons. The highest BCUT2D eigenvalue weighted by atomic mass is 32.2. The average Bonchev–Trinajstić information content (AvgIpc) is 3.60. The molecule has 2 aromatic heterocycles. The number of halogens is 7. The number of hydrogen-bond donors (Lipinski definition) is 1. The van der Waals surface area contributed by atoms with E-state index in [4.69, 9.17) is 5.73 Å². The Morgan fingerprint density at radius 3 is 2.33 bits per heavy atom. The molecule has 1 aliphatic heterocycles. The van der Waals surface area contributed by atoms with Gasteiger partial charge in [0.15, 0.2) is 5.82 Å². The first kappa shape index (κ1) is 26.1. The van der Waals surface area contributed by atoms with Gasteiger partial charge >= 0.3 is 0 Å². The van der Waals surface area contributed by atoms with Gasteiger partial charge < -0.3 is 5.73 Å². The minimum absolute atomic E-state index is 0.0822. The molecule has 0 bridgehead atoms. The van der Waals surface area contributed by atoms with Gasteiger partial charge in [-0.3, -0.25) is 0 Å². The molecule has 1 saturated heterocycles. The van der Waals surface area contributed by atoms with Crippen LogP contribution in [0.5, 0.6) is 0 Å². The minimum atomic E-state index is -3.52. The van der Waals surface area contributed by atoms with Crippen LogP contribution in [0.4, 0.5) is 36.7 Å². The number of sulfonamides is 1. The van der Waals surface area contributed by atoms with Crippen LogP contribution in [-0.2, 0) is 10.0 Å². The van der Waals surface area contributed by atoms with Gasteiger partial charge in [0.2, 0.25) is 16.0 Å². The summed E-state index contributed by atoms with van der Waals surface area (Å²) in [6, 6.07) is 0.764. The van der Waals surface area contributed by atoms with Gasteiger partial charge in [-0.05, 0) is 25.7 Å². The van der Waals surface area contributed by atoms with Crippen molar-refractivity contribution in [3.05, 3.63) is 47.2 Å². The lowest BCUT2D eigenvalue weighted by molar-refractivity contribution is 0.141. The summed E-state index contributed by atoms with van der Waals surface area (Å²) >= 11 is 0. The van der Waals surface area contributed by atoms with Crippen LogP contribution in [0.15, 0.2) is 18.3 Å². The third-order valence-electron chi connectivity index (χ3n) is 5.80. The molecule has 3 heterocycles. The molecule has 196 valence electrons. The summed E-state index contributed by atoms with van der Waals surface area (Å²) in [7, 11) is -3.13. The van der Waals surface area contributed by atoms with Gasteiger partial charge in [0.1, 0.15) is 29.1 Å². The van der Waals surface area contributed by atoms with E-state index >= 15 is 0 Å². The van der Waals surface area contributed by atoms with Gasteiger partial charge in [-0.15, -0.1) is 5.10 Å². The Labute approximate surface area is 200 Å². The van der Waals surface area contributed by atoms with Crippen molar-refractivity contribution in [2.75, 3.05) is 18.8 Å². The van der Waals surface area contributed by atoms with Crippen LogP contribution in [0.3, 0.4) is 0 Å². The van der Waals surface area contributed by atoms with E-state index in [9.17, 15) is 39.2 Å². The molecule has 2 aliphatic rings. The lowest BCUT2D eigenvalue weighted by Gasteiger charge is -2.28. The number of rotatable bonds is 4. The van der Waals surface area contributed by atoms with Crippen molar-refractivity contribution in [2.45, 2.75) is 43.5 Å². The zero-order chi connectivity index (χ0) is 26.4. The van der Waals surface area contributed by atoms with Crippen LogP contribution in [0, 0.1) is 23.3 Å². The van der Waals surface area contributed by atoms with E-state index < -0.39 is 62.7 Å². The first-order chi connectivity index (χ1) is 16.9. The summed E-state index contributed by atoms with van der Waals surface area (Å²) in [4.78, 5) is 3.52. The topological polar surface area (TPSA) is 93.6 Å². The second-order valence-corrected chi connectivity index (χ2v) is 10.6. The third kappa shape index (κ3) is 4.98. The number of nitrogens with two attached hydrogens (primary N) is 1. The number of fused-ring (bicyclic) bond motifs is 1. The van der Waals surface area contributed by atoms with Crippen LogP contribution in [-0.4, -0.2) is 51.8 Å². The molecule has 7 nitrogen and oxygen atoms in total. The number of piperidine rings is 1. The van der Waals surface area contributed by atoms with Gasteiger partial charge in [-0.25, -0.2) is 48.7 Å². The maximum atomic E-state index is 14.2. The molecular formula is C21H20F7N5O2S. The van der Waals surface area contributed by atoms with E-state index in [0.717, 1.165) is 19.0 Å². The summed E-state index contributed by atoms with van der Waals surface area (Å²) in [5.74, 6) is -6.36. The molecule has 2 fully saturated rings. The first-order valence-electron chi connectivity index (χ1n) is 10.8. The van der Waals surface area contributed by atoms with E-state index in [0.29, 0.717) is 30.0 Å². The Hall–Kier alpha value is -2.94. The van der Waals surface area contributed by atoms with Crippen LogP contribution in [0.1, 0.15) is 37.7 Å². The Kier molecular flexibility index (Phi) is 7.14. The molecule has 36 heavy (non-hydrogen) atoms. The van der Waals surface area contributed by atoms with Gasteiger partial charge in [-0.2, -0.15) is 4.31 Å². The van der Waals surface area contributed by atoms with Crippen molar-refractivity contribution in [3.8, 4) is 11.3 Å². The summed E-state index contributed by atoms with van der Waals surface area (Å²) in [5, 5.41) is 3.38. The Morgan fingerprint density at radius 2 is 1.72 bits per heavy atom. The second kappa shape index (κ2) is 9.84. The van der Waals surface area contributed by atoms with Crippen LogP contribution in [0.2, 0.25) is 0 Å². The molecule has 5 rings (SSSR count). The maximum absolute atomic E-state index is 14.2. The molecule has 1 aromatic carbocycles. The van der Waals surface area contributed by atoms with Crippen molar-refractivity contribution in [2.24, 2.45) is 0 Å². The van der Waals surface area contributed by atoms with Gasteiger partial charge in [-0.1, -0.05) is 0 Å². The number of nitrogen functional groups attached to an aromatic ring is 1. The van der Waals surface area contributed by atoms with E-state index in [1.54, 1.807) is 0 Å². The number of nitrogens with zero attached hydrogens (tertiary/aromatic N) is 4. The predicted octanol–water partition coefficient (Wildman–Crippen LogP) is 4.39. The quantitative estimate of drug-likeness (QED) is 0.497. The lowest BCUT2D eigenvalue weighted by Crippen LogP contribution is -2.42. The monoisotopic (exact) mass is 539 g/mol. The Morgan fingerprint density at radius 1 is 1.03 bits per heavy atom. The summed E-state index contributed by atoms with van der Waals surface area (Å²) in [6.45, 7) is 0.595. The molecule has 2 N–H and O–H groups in total. The smallest absolute Gasteiger partial charge is 0.269 e. The molecule has 1 unspecified atom stereocenters. The number of alkyl halides is 3. The summed E-state index contributed by atoms with van der Waals surface area (Å²) in [5.41, 5.74) is 1.85. The predicted molar refractivity (Wildman–Crippen MR) is 115 cm³/mol. The van der Waals surface area contributed by atoms with Crippen LogP contribution < -0.4 is 5.73 Å². The highest BCUT2D eigenvalue weighted by Gasteiger charge is 2.41. The highest BCUT2D eigenvalue weighted by Crippen LogP contribution is 2.36. The fourth-order valence-electron chi connectivity index (χ4n) is 3.88. The minimum Gasteiger partial charge on any atom is -0.367 e. The number of benzene rings is 1. The normalized spacial score (nSPS) is 18.9. The van der Waals surface area contributed by atoms with E-state index in [1.165, 1.54) is 4.31 Å². The molecule has 0 spiro atoms. The fraction of sp³-hybridized carbons (Fsp3) is 0.429. The Balaban J connectivity index is 0.000000197. The van der Waals surface area contributed by atoms with Crippen molar-refractivity contribution < 1.29 is 39.2 Å². The fourth-order valence-corrected chi connectivity index (χ4v) is 5.79. The van der Waals surface area contributed by atoms with Crippen molar-refractivity contribution in [1.29, 1.82) is 0 Å². The standard InChI is InChI=1S/C13H6F6N4.C8H14FNO2S/c14-4-2-7(23-8(4)3-21-13(20)22-23)9-5(15)1-6(16)10(11(9)17)12(18)19;9-7-2-1-5-10(6-7)13(11,12)8-3-4-8/h1-3,12H,(H2,20,22);7-8H,1-6H2. The van der Waals surface area contributed by atoms with Gasteiger partial charge in [0.05, 0.1) is 28.3 Å². The maximum Gasteiger partial charge on any atom is 0.269 e. The summed E-state index contributed by atoms with van der Waals surface area (Å²) < 4.78 is 119. The van der Waals surface area contributed by atoms with Crippen molar-refractivity contribution in [3.63, 3.8) is 0 Å². The van der Waals surface area contributed by atoms with Gasteiger partial charge in [0, 0.05) is 25.2 Å². The summed E-state index contributed by atoms with van der Waals surface area (Å²) in [6.07, 6.45) is -0.837. The highest BCUT2D eigenvalue weighted by molar-refractivity contribution is 7.90. The second-order valence-electron chi connectivity index (χ2n) is 8.38. The van der Waals surface area contributed by atoms with E-state index in [1.807, 2.05) is 0 Å². The van der Waals surface area contributed by atoms with E-state index in [2.05, 4.69) is 10.1 Å². The largest absolute Gasteiger partial charge is 0.367 e. The molecule has 1 aliphatic carbocycles. The van der Waals surface area contributed by atoms with Crippen LogP contribution in [0.25, 0.3) is 16.8 Å². The van der Waals surface area contributed by atoms with E-state index in [-0.39, 0.29) is 29.3 Å². The zero-order valence-corrected chi connectivity index (χ0v) is 19.3. The molecular weight excluding hydrogens is 519 g/mol. The Bertz CT molecular complexity index is 1400. The molecule has 3 aromatic rings. The molecule has 15 heteroatoms. The third-order valence-corrected chi connectivity index (χ3v) is 8.16. The van der Waals surface area contributed by atoms with Crippen LogP contribution >= 0.6 is 0 Å². The van der Waals surface area contributed by atoms with Crippen molar-refractivity contribution >= 4 is 21.5 Å². The SMILES string of the molecule is Nc1ncc2c(F)cc(-c3c(F)cc(F)c(C(F)F)c3F)n2n1.O=S(=O)(C1CC1)N1CCCC(F)C1. The average molecular weight is 539 g/mol. The van der Waals surface area contributed by atoms with Gasteiger partial charge in [0.25, 0.3) is 6.43 Å². The number of anilines is 1. The first-order valence-corrected chi connectivity index (χ1v) is 12.3. The zero-order valence-electron chi connectivity index (χ0n) is 18.4. The molecule has 1 atom stereocenters. The number of hydrogen-bond acceptors (Lipinski definition) is 5. The number of aromatic nitrogens is 3.